The second-order valence-electron chi connectivity index (χ2n) is 8.84. The van der Waals surface area contributed by atoms with Crippen LogP contribution < -0.4 is 10.1 Å². The third-order valence-electron chi connectivity index (χ3n) is 5.30. The molecule has 2 saturated heterocycles. The summed E-state index contributed by atoms with van der Waals surface area (Å²) in [6.45, 7) is 6.64. The van der Waals surface area contributed by atoms with Gasteiger partial charge in [0.15, 0.2) is 0 Å². The van der Waals surface area contributed by atoms with E-state index in [9.17, 15) is 19.2 Å². The van der Waals surface area contributed by atoms with Gasteiger partial charge >= 0.3 is 6.09 Å². The quantitative estimate of drug-likeness (QED) is 0.749. The van der Waals surface area contributed by atoms with Crippen LogP contribution in [-0.4, -0.2) is 64.5 Å². The Labute approximate surface area is 174 Å². The van der Waals surface area contributed by atoms with E-state index >= 15 is 0 Å². The van der Waals surface area contributed by atoms with Crippen molar-refractivity contribution in [2.75, 3.05) is 13.1 Å². The number of amides is 4. The van der Waals surface area contributed by atoms with Crippen molar-refractivity contribution >= 4 is 23.8 Å². The first kappa shape index (κ1) is 20.2. The summed E-state index contributed by atoms with van der Waals surface area (Å²) >= 11 is 0. The molecule has 3 aliphatic rings. The van der Waals surface area contributed by atoms with Gasteiger partial charge in [0.1, 0.15) is 23.5 Å². The largest absolute Gasteiger partial charge is 0.487 e. The van der Waals surface area contributed by atoms with E-state index in [-0.39, 0.29) is 30.4 Å². The second-order valence-corrected chi connectivity index (χ2v) is 8.84. The van der Waals surface area contributed by atoms with Crippen LogP contribution in [0.4, 0.5) is 4.79 Å². The summed E-state index contributed by atoms with van der Waals surface area (Å²) in [5.74, 6) is -0.344. The Kier molecular flexibility index (Phi) is 4.91. The molecule has 0 spiro atoms. The molecule has 1 aromatic carbocycles. The third kappa shape index (κ3) is 3.96. The van der Waals surface area contributed by atoms with E-state index in [1.54, 1.807) is 23.1 Å². The van der Waals surface area contributed by atoms with Crippen LogP contribution in [-0.2, 0) is 20.9 Å². The van der Waals surface area contributed by atoms with Crippen molar-refractivity contribution < 1.29 is 28.7 Å². The maximum Gasteiger partial charge on any atom is 0.410 e. The maximum absolute atomic E-state index is 12.7. The van der Waals surface area contributed by atoms with Gasteiger partial charge in [0.25, 0.3) is 5.91 Å². The van der Waals surface area contributed by atoms with Crippen LogP contribution in [0.15, 0.2) is 18.2 Å². The smallest absolute Gasteiger partial charge is 0.410 e. The second kappa shape index (κ2) is 7.30. The lowest BCUT2D eigenvalue weighted by Gasteiger charge is -2.39. The predicted octanol–water partition coefficient (Wildman–Crippen LogP) is 1.45. The summed E-state index contributed by atoms with van der Waals surface area (Å²) in [7, 11) is 0. The molecule has 9 nitrogen and oxygen atoms in total. The lowest BCUT2D eigenvalue weighted by atomic mass is 10.0. The van der Waals surface area contributed by atoms with E-state index < -0.39 is 17.6 Å². The van der Waals surface area contributed by atoms with E-state index in [4.69, 9.17) is 9.47 Å². The third-order valence-corrected chi connectivity index (χ3v) is 5.30. The highest BCUT2D eigenvalue weighted by molar-refractivity contribution is 6.05. The topological polar surface area (TPSA) is 105 Å². The number of carbonyl (C=O) groups is 4. The van der Waals surface area contributed by atoms with Crippen molar-refractivity contribution in [2.45, 2.75) is 57.9 Å². The molecule has 3 aliphatic heterocycles. The molecule has 1 aromatic rings. The molecule has 0 saturated carbocycles. The number of carbonyl (C=O) groups excluding carboxylic acids is 4. The van der Waals surface area contributed by atoms with Gasteiger partial charge in [-0.25, -0.2) is 4.79 Å². The maximum atomic E-state index is 12.7. The monoisotopic (exact) mass is 415 g/mol. The molecular formula is C21H25N3O6. The number of nitrogens with zero attached hydrogens (tertiary/aromatic N) is 2. The van der Waals surface area contributed by atoms with Crippen LogP contribution in [0.5, 0.6) is 5.75 Å². The number of rotatable bonds is 3. The van der Waals surface area contributed by atoms with Crippen LogP contribution in [0.2, 0.25) is 0 Å². The van der Waals surface area contributed by atoms with Crippen molar-refractivity contribution in [3.63, 3.8) is 0 Å². The molecule has 1 atom stereocenters. The summed E-state index contributed by atoms with van der Waals surface area (Å²) in [5, 5.41) is 2.29. The van der Waals surface area contributed by atoms with Gasteiger partial charge in [-0.15, -0.1) is 0 Å². The molecule has 4 rings (SSSR count). The first-order valence-corrected chi connectivity index (χ1v) is 10.0. The van der Waals surface area contributed by atoms with Crippen LogP contribution in [0.1, 0.15) is 49.5 Å². The average molecular weight is 415 g/mol. The van der Waals surface area contributed by atoms with Gasteiger partial charge < -0.3 is 19.3 Å². The molecule has 0 radical (unpaired) electrons. The number of fused-ring (bicyclic) bond motifs is 1. The van der Waals surface area contributed by atoms with Crippen LogP contribution in [0, 0.1) is 0 Å². The zero-order valence-electron chi connectivity index (χ0n) is 17.3. The van der Waals surface area contributed by atoms with Gasteiger partial charge in [0.2, 0.25) is 11.8 Å². The SMILES string of the molecule is CC(C)(C)OC(=O)N1CC(Oc2ccc3c(c2)CN(C2CCC(=O)NC2=O)C3=O)C1. The van der Waals surface area contributed by atoms with Gasteiger partial charge in [0.05, 0.1) is 13.1 Å². The summed E-state index contributed by atoms with van der Waals surface area (Å²) in [6.07, 6.45) is 0.0533. The Morgan fingerprint density at radius 1 is 1.17 bits per heavy atom. The molecular weight excluding hydrogens is 390 g/mol. The summed E-state index contributed by atoms with van der Waals surface area (Å²) in [6, 6.07) is 4.58. The summed E-state index contributed by atoms with van der Waals surface area (Å²) in [4.78, 5) is 51.3. The van der Waals surface area contributed by atoms with Gasteiger partial charge in [-0.1, -0.05) is 0 Å². The van der Waals surface area contributed by atoms with E-state index in [1.807, 2.05) is 20.8 Å². The first-order valence-electron chi connectivity index (χ1n) is 10.0. The number of nitrogens with one attached hydrogen (secondary N) is 1. The number of imide groups is 1. The summed E-state index contributed by atoms with van der Waals surface area (Å²) in [5.41, 5.74) is 0.783. The zero-order chi connectivity index (χ0) is 21.6. The minimum Gasteiger partial charge on any atom is -0.487 e. The van der Waals surface area contributed by atoms with Crippen molar-refractivity contribution in [3.05, 3.63) is 29.3 Å². The Morgan fingerprint density at radius 2 is 1.90 bits per heavy atom. The van der Waals surface area contributed by atoms with E-state index in [0.717, 1.165) is 5.56 Å². The fraction of sp³-hybridized carbons (Fsp3) is 0.524. The van der Waals surface area contributed by atoms with Crippen LogP contribution in [0.25, 0.3) is 0 Å². The normalized spacial score (nSPS) is 21.8. The number of ether oxygens (including phenoxy) is 2. The highest BCUT2D eigenvalue weighted by Gasteiger charge is 2.40. The molecule has 4 amide bonds. The van der Waals surface area contributed by atoms with Crippen molar-refractivity contribution in [1.82, 2.24) is 15.1 Å². The first-order chi connectivity index (χ1) is 14.1. The zero-order valence-corrected chi connectivity index (χ0v) is 17.3. The molecule has 3 heterocycles. The standard InChI is InChI=1S/C21H25N3O6/c1-21(2,3)30-20(28)23-10-14(11-23)29-13-4-5-15-12(8-13)9-24(19(15)27)16-6-7-17(25)22-18(16)26/h4-5,8,14,16H,6-7,9-11H2,1-3H3,(H,22,25,26). The van der Waals surface area contributed by atoms with Gasteiger partial charge in [-0.3, -0.25) is 19.7 Å². The highest BCUT2D eigenvalue weighted by atomic mass is 16.6. The average Bonchev–Trinajstić information content (AvgIpc) is 2.92. The van der Waals surface area contributed by atoms with E-state index in [2.05, 4.69) is 5.32 Å². The molecule has 1 N–H and O–H groups in total. The molecule has 0 bridgehead atoms. The van der Waals surface area contributed by atoms with Crippen molar-refractivity contribution in [1.29, 1.82) is 0 Å². The number of hydrogen-bond acceptors (Lipinski definition) is 6. The molecule has 2 fully saturated rings. The Balaban J connectivity index is 1.35. The fourth-order valence-corrected chi connectivity index (χ4v) is 3.80. The van der Waals surface area contributed by atoms with Crippen molar-refractivity contribution in [3.8, 4) is 5.75 Å². The number of hydrogen-bond donors (Lipinski definition) is 1. The molecule has 0 aliphatic carbocycles. The van der Waals surface area contributed by atoms with E-state index in [0.29, 0.717) is 37.4 Å². The minimum absolute atomic E-state index is 0.140. The Morgan fingerprint density at radius 3 is 2.57 bits per heavy atom. The number of piperidine rings is 1. The molecule has 0 aromatic heterocycles. The van der Waals surface area contributed by atoms with Crippen LogP contribution >= 0.6 is 0 Å². The van der Waals surface area contributed by atoms with Gasteiger partial charge in [-0.05, 0) is 51.0 Å². The van der Waals surface area contributed by atoms with Gasteiger partial charge in [0, 0.05) is 18.5 Å². The Hall–Kier alpha value is -3.10. The summed E-state index contributed by atoms with van der Waals surface area (Å²) < 4.78 is 11.3. The lowest BCUT2D eigenvalue weighted by Crippen LogP contribution is -2.57. The van der Waals surface area contributed by atoms with Crippen molar-refractivity contribution in [2.24, 2.45) is 0 Å². The van der Waals surface area contributed by atoms with Gasteiger partial charge in [-0.2, -0.15) is 0 Å². The number of likely N-dealkylation sites (tertiary alicyclic amines) is 1. The molecule has 30 heavy (non-hydrogen) atoms. The molecule has 1 unspecified atom stereocenters. The van der Waals surface area contributed by atoms with E-state index in [1.165, 1.54) is 4.90 Å². The predicted molar refractivity (Wildman–Crippen MR) is 105 cm³/mol. The minimum atomic E-state index is -0.638. The van der Waals surface area contributed by atoms with Crippen LogP contribution in [0.3, 0.4) is 0 Å². The fourth-order valence-electron chi connectivity index (χ4n) is 3.80. The molecule has 9 heteroatoms. The number of benzene rings is 1. The molecule has 160 valence electrons. The lowest BCUT2D eigenvalue weighted by molar-refractivity contribution is -0.136. The highest BCUT2D eigenvalue weighted by Crippen LogP contribution is 2.31. The Bertz CT molecular complexity index is 916.